The van der Waals surface area contributed by atoms with Crippen LogP contribution in [0.15, 0.2) is 0 Å². The van der Waals surface area contributed by atoms with Gasteiger partial charge >= 0.3 is 0 Å². The number of ketones is 1. The SMILES string of the molecule is CCCCC(C)=O.CCCCCC(C)N. The highest BCUT2D eigenvalue weighted by molar-refractivity contribution is 5.75. The van der Waals surface area contributed by atoms with Crippen molar-refractivity contribution in [3.63, 3.8) is 0 Å². The van der Waals surface area contributed by atoms with Crippen molar-refractivity contribution < 1.29 is 4.79 Å². The van der Waals surface area contributed by atoms with Crippen molar-refractivity contribution in [3.05, 3.63) is 0 Å². The number of carbonyl (C=O) groups excluding carboxylic acids is 1. The van der Waals surface area contributed by atoms with E-state index in [1.807, 2.05) is 0 Å². The third kappa shape index (κ3) is 24.8. The van der Waals surface area contributed by atoms with Crippen LogP contribution in [0.5, 0.6) is 0 Å². The molecule has 15 heavy (non-hydrogen) atoms. The fourth-order valence-electron chi connectivity index (χ4n) is 1.14. The van der Waals surface area contributed by atoms with Gasteiger partial charge in [-0.2, -0.15) is 0 Å². The molecule has 0 aromatic rings. The van der Waals surface area contributed by atoms with Gasteiger partial charge in [-0.05, 0) is 26.7 Å². The zero-order valence-electron chi connectivity index (χ0n) is 11.0. The molecule has 0 spiro atoms. The number of unbranched alkanes of at least 4 members (excludes halogenated alkanes) is 3. The highest BCUT2D eigenvalue weighted by Crippen LogP contribution is 1.99. The minimum atomic E-state index is 0.307. The van der Waals surface area contributed by atoms with Gasteiger partial charge in [0.25, 0.3) is 0 Å². The van der Waals surface area contributed by atoms with Crippen LogP contribution in [0.4, 0.5) is 0 Å². The van der Waals surface area contributed by atoms with Gasteiger partial charge in [0.05, 0.1) is 0 Å². The van der Waals surface area contributed by atoms with E-state index in [1.54, 1.807) is 6.92 Å². The summed E-state index contributed by atoms with van der Waals surface area (Å²) in [6.45, 7) is 8.00. The molecule has 0 aliphatic rings. The van der Waals surface area contributed by atoms with Crippen molar-refractivity contribution in [1.29, 1.82) is 0 Å². The molecule has 2 N–H and O–H groups in total. The van der Waals surface area contributed by atoms with Crippen LogP contribution < -0.4 is 5.73 Å². The van der Waals surface area contributed by atoms with Crippen molar-refractivity contribution >= 4 is 5.78 Å². The summed E-state index contributed by atoms with van der Waals surface area (Å²) in [4.78, 5) is 10.2. The second kappa shape index (κ2) is 13.6. The molecule has 2 nitrogen and oxygen atoms in total. The molecule has 0 aromatic heterocycles. The molecule has 0 heterocycles. The van der Waals surface area contributed by atoms with Crippen molar-refractivity contribution in [2.45, 2.75) is 78.7 Å². The molecule has 1 atom stereocenters. The van der Waals surface area contributed by atoms with Crippen molar-refractivity contribution in [3.8, 4) is 0 Å². The first-order valence-corrected chi connectivity index (χ1v) is 6.29. The molecule has 0 aromatic carbocycles. The summed E-state index contributed by atoms with van der Waals surface area (Å²) in [5.41, 5.74) is 5.53. The standard InChI is InChI=1S/C7H17N.C6H12O/c1-3-4-5-6-7(2)8;1-3-4-5-6(2)7/h7H,3-6,8H2,1-2H3;3-5H2,1-2H3. The number of hydrogen-bond acceptors (Lipinski definition) is 2. The number of hydrogen-bond donors (Lipinski definition) is 1. The molecule has 0 aliphatic heterocycles. The lowest BCUT2D eigenvalue weighted by molar-refractivity contribution is -0.117. The zero-order chi connectivity index (χ0) is 12.1. The van der Waals surface area contributed by atoms with Crippen molar-refractivity contribution in [2.75, 3.05) is 0 Å². The predicted octanol–water partition coefficient (Wildman–Crippen LogP) is 3.68. The van der Waals surface area contributed by atoms with Crippen LogP contribution in [0.25, 0.3) is 0 Å². The molecule has 0 saturated carbocycles. The zero-order valence-corrected chi connectivity index (χ0v) is 11.0. The molecule has 0 bridgehead atoms. The smallest absolute Gasteiger partial charge is 0.129 e. The van der Waals surface area contributed by atoms with E-state index < -0.39 is 0 Å². The maximum Gasteiger partial charge on any atom is 0.129 e. The van der Waals surface area contributed by atoms with Crippen LogP contribution in [-0.2, 0) is 4.79 Å². The van der Waals surface area contributed by atoms with Gasteiger partial charge in [0, 0.05) is 12.5 Å². The van der Waals surface area contributed by atoms with Gasteiger partial charge in [0.15, 0.2) is 0 Å². The maximum atomic E-state index is 10.2. The minimum absolute atomic E-state index is 0.307. The Kier molecular flexibility index (Phi) is 15.5. The van der Waals surface area contributed by atoms with E-state index in [4.69, 9.17) is 5.73 Å². The third-order valence-corrected chi connectivity index (χ3v) is 2.15. The summed E-state index contributed by atoms with van der Waals surface area (Å²) in [7, 11) is 0. The van der Waals surface area contributed by atoms with Gasteiger partial charge in [-0.3, -0.25) is 0 Å². The topological polar surface area (TPSA) is 43.1 Å². The van der Waals surface area contributed by atoms with Crippen LogP contribution in [0.2, 0.25) is 0 Å². The van der Waals surface area contributed by atoms with Crippen molar-refractivity contribution in [2.24, 2.45) is 5.73 Å². The lowest BCUT2D eigenvalue weighted by Gasteiger charge is -2.01. The number of Topliss-reactive ketones (excluding diaryl/α,β-unsaturated/α-hetero) is 1. The Morgan fingerprint density at radius 2 is 1.67 bits per heavy atom. The van der Waals surface area contributed by atoms with Crippen LogP contribution in [0, 0.1) is 0 Å². The molecule has 92 valence electrons. The average Bonchev–Trinajstić information content (AvgIpc) is 2.15. The van der Waals surface area contributed by atoms with Gasteiger partial charge in [-0.1, -0.05) is 39.5 Å². The summed E-state index contributed by atoms with van der Waals surface area (Å²) >= 11 is 0. The molecule has 0 amide bonds. The number of nitrogens with two attached hydrogens (primary N) is 1. The highest BCUT2D eigenvalue weighted by Gasteiger charge is 1.90. The second-order valence-electron chi connectivity index (χ2n) is 4.28. The molecular formula is C13H29NO. The second-order valence-corrected chi connectivity index (χ2v) is 4.28. The first kappa shape index (κ1) is 17.0. The van der Waals surface area contributed by atoms with Crippen LogP contribution >= 0.6 is 0 Å². The van der Waals surface area contributed by atoms with Gasteiger partial charge in [0.2, 0.25) is 0 Å². The average molecular weight is 215 g/mol. The Morgan fingerprint density at radius 1 is 1.13 bits per heavy atom. The summed E-state index contributed by atoms with van der Waals surface area (Å²) in [6, 6.07) is 0.404. The van der Waals surface area contributed by atoms with Gasteiger partial charge in [-0.25, -0.2) is 0 Å². The van der Waals surface area contributed by atoms with E-state index >= 15 is 0 Å². The van der Waals surface area contributed by atoms with E-state index in [-0.39, 0.29) is 0 Å². The Balaban J connectivity index is 0. The Labute approximate surface area is 95.6 Å². The van der Waals surface area contributed by atoms with E-state index in [0.29, 0.717) is 11.8 Å². The Morgan fingerprint density at radius 3 is 1.93 bits per heavy atom. The lowest BCUT2D eigenvalue weighted by atomic mass is 10.1. The molecule has 0 radical (unpaired) electrons. The van der Waals surface area contributed by atoms with Crippen molar-refractivity contribution in [1.82, 2.24) is 0 Å². The molecule has 0 saturated heterocycles. The molecule has 2 heteroatoms. The van der Waals surface area contributed by atoms with Gasteiger partial charge < -0.3 is 10.5 Å². The Bertz CT molecular complexity index is 132. The molecular weight excluding hydrogens is 186 g/mol. The summed E-state index contributed by atoms with van der Waals surface area (Å²) in [5, 5.41) is 0. The monoisotopic (exact) mass is 215 g/mol. The summed E-state index contributed by atoms with van der Waals surface area (Å²) in [5.74, 6) is 0.307. The van der Waals surface area contributed by atoms with Gasteiger partial charge in [-0.15, -0.1) is 0 Å². The first-order chi connectivity index (χ1) is 7.04. The van der Waals surface area contributed by atoms with Crippen LogP contribution in [0.1, 0.15) is 72.6 Å². The van der Waals surface area contributed by atoms with E-state index in [2.05, 4.69) is 20.8 Å². The fourth-order valence-corrected chi connectivity index (χ4v) is 1.14. The van der Waals surface area contributed by atoms with E-state index in [1.165, 1.54) is 25.7 Å². The normalized spacial score (nSPS) is 11.5. The molecule has 0 rings (SSSR count). The first-order valence-electron chi connectivity index (χ1n) is 6.29. The highest BCUT2D eigenvalue weighted by atomic mass is 16.1. The minimum Gasteiger partial charge on any atom is -0.328 e. The number of carbonyl (C=O) groups is 1. The van der Waals surface area contributed by atoms with Gasteiger partial charge in [0.1, 0.15) is 5.78 Å². The maximum absolute atomic E-state index is 10.2. The molecule has 0 fully saturated rings. The van der Waals surface area contributed by atoms with E-state index in [0.717, 1.165) is 19.3 Å². The quantitative estimate of drug-likeness (QED) is 0.658. The van der Waals surface area contributed by atoms with Crippen LogP contribution in [0.3, 0.4) is 0 Å². The summed E-state index contributed by atoms with van der Waals surface area (Å²) < 4.78 is 0. The number of rotatable bonds is 7. The predicted molar refractivity (Wildman–Crippen MR) is 68.0 cm³/mol. The fraction of sp³-hybridized carbons (Fsp3) is 0.923. The third-order valence-electron chi connectivity index (χ3n) is 2.15. The molecule has 1 unspecified atom stereocenters. The molecule has 0 aliphatic carbocycles. The van der Waals surface area contributed by atoms with E-state index in [9.17, 15) is 4.79 Å². The van der Waals surface area contributed by atoms with Crippen LogP contribution in [-0.4, -0.2) is 11.8 Å². The Hall–Kier alpha value is -0.370. The summed E-state index contributed by atoms with van der Waals surface area (Å²) in [6.07, 6.45) is 8.06. The largest absolute Gasteiger partial charge is 0.328 e. The lowest BCUT2D eigenvalue weighted by Crippen LogP contribution is -2.13.